The van der Waals surface area contributed by atoms with E-state index < -0.39 is 13.0 Å². The number of nitrogens with two attached hydrogens (primary N) is 1. The summed E-state index contributed by atoms with van der Waals surface area (Å²) in [4.78, 5) is 0. The van der Waals surface area contributed by atoms with Crippen LogP contribution in [0.25, 0.3) is 0 Å². The summed E-state index contributed by atoms with van der Waals surface area (Å²) < 4.78 is 28.4. The van der Waals surface area contributed by atoms with Gasteiger partial charge in [-0.2, -0.15) is 0 Å². The fourth-order valence-electron chi connectivity index (χ4n) is 1.55. The lowest BCUT2D eigenvalue weighted by molar-refractivity contribution is 0.0152. The molecule has 1 atom stereocenters. The Bertz CT molecular complexity index is 314. The van der Waals surface area contributed by atoms with Gasteiger partial charge in [0.1, 0.15) is 6.61 Å². The van der Waals surface area contributed by atoms with Crippen molar-refractivity contribution >= 4 is 0 Å². The van der Waals surface area contributed by atoms with Gasteiger partial charge in [-0.15, -0.1) is 0 Å². The molecular formula is C13H19F2NO. The standard InChI is InChI=1S/C13H19F2NO/c1-2-10-3-5-11(6-4-10)12(16)7-8-17-9-13(14)15/h3-6,12-13H,2,7-9,16H2,1H3. The predicted molar refractivity (Wildman–Crippen MR) is 64.2 cm³/mol. The number of halogens is 2. The molecule has 1 rings (SSSR count). The number of benzene rings is 1. The molecule has 1 aromatic rings. The largest absolute Gasteiger partial charge is 0.375 e. The van der Waals surface area contributed by atoms with Crippen molar-refractivity contribution in [3.8, 4) is 0 Å². The summed E-state index contributed by atoms with van der Waals surface area (Å²) in [5, 5.41) is 0. The van der Waals surface area contributed by atoms with Crippen LogP contribution in [0.4, 0.5) is 8.78 Å². The van der Waals surface area contributed by atoms with Gasteiger partial charge in [0, 0.05) is 12.6 Å². The summed E-state index contributed by atoms with van der Waals surface area (Å²) in [7, 11) is 0. The van der Waals surface area contributed by atoms with Crippen LogP contribution in [0.5, 0.6) is 0 Å². The van der Waals surface area contributed by atoms with Gasteiger partial charge in [0.05, 0.1) is 0 Å². The van der Waals surface area contributed by atoms with Crippen molar-refractivity contribution in [1.29, 1.82) is 0 Å². The molecule has 0 saturated heterocycles. The van der Waals surface area contributed by atoms with E-state index in [1.54, 1.807) is 0 Å². The molecule has 2 nitrogen and oxygen atoms in total. The van der Waals surface area contributed by atoms with Gasteiger partial charge in [-0.1, -0.05) is 31.2 Å². The number of alkyl halides is 2. The summed E-state index contributed by atoms with van der Waals surface area (Å²) in [6, 6.07) is 7.89. The molecular weight excluding hydrogens is 224 g/mol. The quantitative estimate of drug-likeness (QED) is 0.747. The first-order valence-corrected chi connectivity index (χ1v) is 5.83. The third-order valence-electron chi connectivity index (χ3n) is 2.63. The maximum atomic E-state index is 11.8. The van der Waals surface area contributed by atoms with Gasteiger partial charge in [-0.3, -0.25) is 0 Å². The monoisotopic (exact) mass is 243 g/mol. The molecule has 4 heteroatoms. The van der Waals surface area contributed by atoms with Crippen LogP contribution in [0.1, 0.15) is 30.5 Å². The molecule has 17 heavy (non-hydrogen) atoms. The van der Waals surface area contributed by atoms with Crippen LogP contribution in [-0.4, -0.2) is 19.6 Å². The summed E-state index contributed by atoms with van der Waals surface area (Å²) in [5.41, 5.74) is 8.21. The van der Waals surface area contributed by atoms with Crippen molar-refractivity contribution in [1.82, 2.24) is 0 Å². The molecule has 0 aliphatic carbocycles. The lowest BCUT2D eigenvalue weighted by Crippen LogP contribution is -2.14. The van der Waals surface area contributed by atoms with Crippen LogP contribution in [0.15, 0.2) is 24.3 Å². The van der Waals surface area contributed by atoms with Gasteiger partial charge >= 0.3 is 0 Å². The summed E-state index contributed by atoms with van der Waals surface area (Å²) >= 11 is 0. The minimum atomic E-state index is -2.41. The number of aryl methyl sites for hydroxylation is 1. The normalized spacial score (nSPS) is 13.0. The van der Waals surface area contributed by atoms with Crippen LogP contribution in [0.3, 0.4) is 0 Å². The lowest BCUT2D eigenvalue weighted by Gasteiger charge is -2.12. The number of hydrogen-bond acceptors (Lipinski definition) is 2. The van der Waals surface area contributed by atoms with Crippen LogP contribution in [0, 0.1) is 0 Å². The molecule has 0 fully saturated rings. The van der Waals surface area contributed by atoms with E-state index in [9.17, 15) is 8.78 Å². The Kier molecular flexibility index (Phi) is 6.08. The van der Waals surface area contributed by atoms with E-state index in [0.29, 0.717) is 6.42 Å². The molecule has 0 amide bonds. The molecule has 0 heterocycles. The first kappa shape index (κ1) is 14.1. The Morgan fingerprint density at radius 3 is 2.41 bits per heavy atom. The highest BCUT2D eigenvalue weighted by molar-refractivity contribution is 5.24. The third kappa shape index (κ3) is 5.24. The summed E-state index contributed by atoms with van der Waals surface area (Å²) in [5.74, 6) is 0. The highest BCUT2D eigenvalue weighted by Crippen LogP contribution is 2.15. The zero-order valence-electron chi connectivity index (χ0n) is 10.0. The van der Waals surface area contributed by atoms with Crippen LogP contribution < -0.4 is 5.73 Å². The smallest absolute Gasteiger partial charge is 0.261 e. The van der Waals surface area contributed by atoms with E-state index in [1.165, 1.54) is 5.56 Å². The molecule has 0 bridgehead atoms. The molecule has 1 aromatic carbocycles. The topological polar surface area (TPSA) is 35.2 Å². The summed E-state index contributed by atoms with van der Waals surface area (Å²) in [6.07, 6.45) is -0.861. The van der Waals surface area contributed by atoms with Crippen molar-refractivity contribution in [2.75, 3.05) is 13.2 Å². The average Bonchev–Trinajstić information content (AvgIpc) is 2.34. The molecule has 96 valence electrons. The van der Waals surface area contributed by atoms with Crippen LogP contribution >= 0.6 is 0 Å². The van der Waals surface area contributed by atoms with Gasteiger partial charge in [-0.05, 0) is 24.0 Å². The third-order valence-corrected chi connectivity index (χ3v) is 2.63. The lowest BCUT2D eigenvalue weighted by atomic mass is 10.0. The summed E-state index contributed by atoms with van der Waals surface area (Å²) in [6.45, 7) is 1.84. The molecule has 0 aromatic heterocycles. The SMILES string of the molecule is CCc1ccc(C(N)CCOCC(F)F)cc1. The second-order valence-electron chi connectivity index (χ2n) is 3.96. The maximum absolute atomic E-state index is 11.8. The Morgan fingerprint density at radius 2 is 1.88 bits per heavy atom. The molecule has 1 unspecified atom stereocenters. The van der Waals surface area contributed by atoms with Crippen molar-refractivity contribution in [3.63, 3.8) is 0 Å². The molecule has 0 saturated carbocycles. The van der Waals surface area contributed by atoms with Crippen molar-refractivity contribution in [3.05, 3.63) is 35.4 Å². The fourth-order valence-corrected chi connectivity index (χ4v) is 1.55. The fraction of sp³-hybridized carbons (Fsp3) is 0.538. The second-order valence-corrected chi connectivity index (χ2v) is 3.96. The van der Waals surface area contributed by atoms with E-state index >= 15 is 0 Å². The van der Waals surface area contributed by atoms with Gasteiger partial charge in [0.25, 0.3) is 6.43 Å². The molecule has 0 radical (unpaired) electrons. The Hall–Kier alpha value is -1.00. The van der Waals surface area contributed by atoms with E-state index in [2.05, 4.69) is 6.92 Å². The Balaban J connectivity index is 2.33. The molecule has 0 spiro atoms. The minimum absolute atomic E-state index is 0.154. The molecule has 2 N–H and O–H groups in total. The minimum Gasteiger partial charge on any atom is -0.375 e. The second kappa shape index (κ2) is 7.35. The number of ether oxygens (including phenoxy) is 1. The first-order chi connectivity index (χ1) is 8.13. The average molecular weight is 243 g/mol. The zero-order chi connectivity index (χ0) is 12.7. The molecule has 0 aliphatic heterocycles. The van der Waals surface area contributed by atoms with Crippen molar-refractivity contribution < 1.29 is 13.5 Å². The number of hydrogen-bond donors (Lipinski definition) is 1. The highest BCUT2D eigenvalue weighted by atomic mass is 19.3. The van der Waals surface area contributed by atoms with Gasteiger partial charge in [0.15, 0.2) is 0 Å². The number of rotatable bonds is 7. The van der Waals surface area contributed by atoms with Crippen molar-refractivity contribution in [2.45, 2.75) is 32.2 Å². The van der Waals surface area contributed by atoms with E-state index in [-0.39, 0.29) is 12.6 Å². The van der Waals surface area contributed by atoms with Gasteiger partial charge in [-0.25, -0.2) is 8.78 Å². The zero-order valence-corrected chi connectivity index (χ0v) is 10.0. The van der Waals surface area contributed by atoms with Gasteiger partial charge < -0.3 is 10.5 Å². The molecule has 0 aliphatic rings. The highest BCUT2D eigenvalue weighted by Gasteiger charge is 2.07. The van der Waals surface area contributed by atoms with Crippen LogP contribution in [-0.2, 0) is 11.2 Å². The van der Waals surface area contributed by atoms with E-state index in [4.69, 9.17) is 10.5 Å². The van der Waals surface area contributed by atoms with Crippen LogP contribution in [0.2, 0.25) is 0 Å². The van der Waals surface area contributed by atoms with Gasteiger partial charge in [0.2, 0.25) is 0 Å². The van der Waals surface area contributed by atoms with Crippen molar-refractivity contribution in [2.24, 2.45) is 5.73 Å². The maximum Gasteiger partial charge on any atom is 0.261 e. The van der Waals surface area contributed by atoms with E-state index in [1.807, 2.05) is 24.3 Å². The van der Waals surface area contributed by atoms with E-state index in [0.717, 1.165) is 12.0 Å². The Labute approximate surface area is 101 Å². The Morgan fingerprint density at radius 1 is 1.24 bits per heavy atom. The first-order valence-electron chi connectivity index (χ1n) is 5.83. The predicted octanol–water partition coefficient (Wildman–Crippen LogP) is 2.92.